The zero-order valence-electron chi connectivity index (χ0n) is 14.2. The predicted octanol–water partition coefficient (Wildman–Crippen LogP) is -0.570. The van der Waals surface area contributed by atoms with Gasteiger partial charge in [-0.15, -0.1) is 0 Å². The molecule has 134 valence electrons. The molecule has 8 heteroatoms. The number of ether oxygens (including phenoxy) is 1. The van der Waals surface area contributed by atoms with Gasteiger partial charge in [-0.1, -0.05) is 6.07 Å². The summed E-state index contributed by atoms with van der Waals surface area (Å²) in [7, 11) is 1.54. The number of primary amides is 1. The van der Waals surface area contributed by atoms with Crippen LogP contribution >= 0.6 is 0 Å². The number of benzene rings is 1. The molecule has 0 bridgehead atoms. The van der Waals surface area contributed by atoms with Crippen LogP contribution in [0.25, 0.3) is 0 Å². The van der Waals surface area contributed by atoms with Gasteiger partial charge in [0.25, 0.3) is 5.91 Å². The molecule has 25 heavy (non-hydrogen) atoms. The lowest BCUT2D eigenvalue weighted by atomic mass is 10.1. The first-order valence-electron chi connectivity index (χ1n) is 8.25. The Hall–Kier alpha value is -2.45. The molecule has 2 aliphatic heterocycles. The second kappa shape index (κ2) is 7.20. The minimum atomic E-state index is -0.450. The molecule has 1 aromatic rings. The molecular weight excluding hydrogens is 324 g/mol. The first-order valence-corrected chi connectivity index (χ1v) is 8.25. The Balaban J connectivity index is 1.68. The van der Waals surface area contributed by atoms with Crippen molar-refractivity contribution in [2.45, 2.75) is 12.5 Å². The second-order valence-electron chi connectivity index (χ2n) is 6.27. The van der Waals surface area contributed by atoms with E-state index in [4.69, 9.17) is 10.5 Å². The number of carbonyl (C=O) groups excluding carboxylic acids is 3. The molecule has 8 nitrogen and oxygen atoms in total. The fourth-order valence-corrected chi connectivity index (χ4v) is 3.38. The molecule has 0 unspecified atom stereocenters. The molecule has 2 aliphatic rings. The van der Waals surface area contributed by atoms with E-state index in [0.717, 1.165) is 0 Å². The summed E-state index contributed by atoms with van der Waals surface area (Å²) in [5.74, 6) is -0.171. The molecule has 2 N–H and O–H groups in total. The molecule has 3 rings (SSSR count). The SMILES string of the molecule is COc1cccc(N2C(=O)C[C@H](N3CCN(CC(N)=O)CC3)C2=O)c1. The van der Waals surface area contributed by atoms with E-state index < -0.39 is 6.04 Å². The van der Waals surface area contributed by atoms with E-state index in [1.807, 2.05) is 9.80 Å². The fourth-order valence-electron chi connectivity index (χ4n) is 3.38. The zero-order chi connectivity index (χ0) is 18.0. The monoisotopic (exact) mass is 346 g/mol. The highest BCUT2D eigenvalue weighted by Gasteiger charge is 2.43. The number of carbonyl (C=O) groups is 3. The maximum atomic E-state index is 12.8. The number of rotatable bonds is 5. The lowest BCUT2D eigenvalue weighted by molar-refractivity contribution is -0.124. The summed E-state index contributed by atoms with van der Waals surface area (Å²) in [5, 5.41) is 0. The summed E-state index contributed by atoms with van der Waals surface area (Å²) in [5.41, 5.74) is 5.75. The lowest BCUT2D eigenvalue weighted by Gasteiger charge is -2.36. The number of hydrogen-bond donors (Lipinski definition) is 1. The second-order valence-corrected chi connectivity index (χ2v) is 6.27. The molecule has 0 spiro atoms. The third-order valence-electron chi connectivity index (χ3n) is 4.66. The maximum Gasteiger partial charge on any atom is 0.251 e. The van der Waals surface area contributed by atoms with Crippen LogP contribution in [0.1, 0.15) is 6.42 Å². The van der Waals surface area contributed by atoms with Crippen LogP contribution in [0.4, 0.5) is 5.69 Å². The summed E-state index contributed by atoms with van der Waals surface area (Å²) < 4.78 is 5.17. The van der Waals surface area contributed by atoms with Gasteiger partial charge in [-0.3, -0.25) is 24.2 Å². The van der Waals surface area contributed by atoms with Crippen molar-refractivity contribution in [2.24, 2.45) is 5.73 Å². The molecule has 3 amide bonds. The average molecular weight is 346 g/mol. The highest BCUT2D eigenvalue weighted by molar-refractivity contribution is 6.22. The Morgan fingerprint density at radius 3 is 2.60 bits per heavy atom. The van der Waals surface area contributed by atoms with Crippen LogP contribution in [0.5, 0.6) is 5.75 Å². The van der Waals surface area contributed by atoms with Gasteiger partial charge < -0.3 is 10.5 Å². The Morgan fingerprint density at radius 1 is 1.24 bits per heavy atom. The van der Waals surface area contributed by atoms with Crippen molar-refractivity contribution in [1.82, 2.24) is 9.80 Å². The van der Waals surface area contributed by atoms with Crippen LogP contribution in [-0.4, -0.2) is 73.4 Å². The Labute approximate surface area is 146 Å². The number of amides is 3. The average Bonchev–Trinajstić information content (AvgIpc) is 2.89. The van der Waals surface area contributed by atoms with Gasteiger partial charge >= 0.3 is 0 Å². The maximum absolute atomic E-state index is 12.8. The van der Waals surface area contributed by atoms with E-state index >= 15 is 0 Å². The largest absolute Gasteiger partial charge is 0.497 e. The van der Waals surface area contributed by atoms with Gasteiger partial charge in [0.2, 0.25) is 11.8 Å². The number of anilines is 1. The summed E-state index contributed by atoms with van der Waals surface area (Å²) >= 11 is 0. The minimum absolute atomic E-state index is 0.172. The van der Waals surface area contributed by atoms with Crippen molar-refractivity contribution in [1.29, 1.82) is 0 Å². The van der Waals surface area contributed by atoms with Crippen molar-refractivity contribution in [2.75, 3.05) is 44.7 Å². The van der Waals surface area contributed by atoms with Gasteiger partial charge in [0.05, 0.1) is 31.8 Å². The number of hydrogen-bond acceptors (Lipinski definition) is 6. The van der Waals surface area contributed by atoms with E-state index in [2.05, 4.69) is 0 Å². The van der Waals surface area contributed by atoms with Gasteiger partial charge in [0.1, 0.15) is 5.75 Å². The topological polar surface area (TPSA) is 96.2 Å². The minimum Gasteiger partial charge on any atom is -0.497 e. The first kappa shape index (κ1) is 17.4. The van der Waals surface area contributed by atoms with Crippen LogP contribution in [0.15, 0.2) is 24.3 Å². The number of imide groups is 1. The molecule has 1 atom stereocenters. The number of nitrogens with two attached hydrogens (primary N) is 1. The Kier molecular flexibility index (Phi) is 5.00. The van der Waals surface area contributed by atoms with Crippen molar-refractivity contribution < 1.29 is 19.1 Å². The van der Waals surface area contributed by atoms with Gasteiger partial charge in [-0.25, -0.2) is 4.90 Å². The molecule has 2 fully saturated rings. The zero-order valence-corrected chi connectivity index (χ0v) is 14.2. The first-order chi connectivity index (χ1) is 12.0. The highest BCUT2D eigenvalue weighted by atomic mass is 16.5. The van der Waals surface area contributed by atoms with Crippen LogP contribution in [0.3, 0.4) is 0 Å². The molecule has 1 aromatic carbocycles. The summed E-state index contributed by atoms with van der Waals surface area (Å²) in [4.78, 5) is 41.4. The number of nitrogens with zero attached hydrogens (tertiary/aromatic N) is 3. The molecule has 0 saturated carbocycles. The van der Waals surface area contributed by atoms with Gasteiger partial charge in [0.15, 0.2) is 0 Å². The third kappa shape index (κ3) is 3.64. The number of piperazine rings is 1. The molecule has 0 radical (unpaired) electrons. The van der Waals surface area contributed by atoms with Crippen molar-refractivity contribution in [3.05, 3.63) is 24.3 Å². The summed E-state index contributed by atoms with van der Waals surface area (Å²) in [6.07, 6.45) is 0.172. The lowest BCUT2D eigenvalue weighted by Crippen LogP contribution is -2.53. The van der Waals surface area contributed by atoms with Crippen LogP contribution in [0.2, 0.25) is 0 Å². The van der Waals surface area contributed by atoms with Crippen LogP contribution in [0, 0.1) is 0 Å². The predicted molar refractivity (Wildman–Crippen MR) is 91.1 cm³/mol. The fraction of sp³-hybridized carbons (Fsp3) is 0.471. The summed E-state index contributed by atoms with van der Waals surface area (Å²) in [6.45, 7) is 2.79. The Morgan fingerprint density at radius 2 is 1.96 bits per heavy atom. The van der Waals surface area contributed by atoms with Crippen molar-refractivity contribution >= 4 is 23.4 Å². The van der Waals surface area contributed by atoms with E-state index in [9.17, 15) is 14.4 Å². The molecule has 0 aromatic heterocycles. The standard InChI is InChI=1S/C17H22N4O4/c1-25-13-4-2-3-12(9-13)21-16(23)10-14(17(21)24)20-7-5-19(6-8-20)11-15(18)22/h2-4,9,14H,5-8,10-11H2,1H3,(H2,18,22)/t14-/m0/s1. The molecule has 2 saturated heterocycles. The van der Waals surface area contributed by atoms with Crippen molar-refractivity contribution in [3.63, 3.8) is 0 Å². The normalized spacial score (nSPS) is 22.4. The van der Waals surface area contributed by atoms with E-state index in [-0.39, 0.29) is 30.7 Å². The number of methoxy groups -OCH3 is 1. The van der Waals surface area contributed by atoms with Gasteiger partial charge in [0, 0.05) is 32.2 Å². The van der Waals surface area contributed by atoms with Gasteiger partial charge in [-0.2, -0.15) is 0 Å². The molecular formula is C17H22N4O4. The van der Waals surface area contributed by atoms with E-state index in [1.165, 1.54) is 4.90 Å². The Bertz CT molecular complexity index is 685. The third-order valence-corrected chi connectivity index (χ3v) is 4.66. The van der Waals surface area contributed by atoms with Crippen molar-refractivity contribution in [3.8, 4) is 5.75 Å². The van der Waals surface area contributed by atoms with Crippen LogP contribution in [-0.2, 0) is 14.4 Å². The van der Waals surface area contributed by atoms with Crippen LogP contribution < -0.4 is 15.4 Å². The summed E-state index contributed by atoms with van der Waals surface area (Å²) in [6, 6.07) is 6.48. The van der Waals surface area contributed by atoms with E-state index in [1.54, 1.807) is 31.4 Å². The molecule has 2 heterocycles. The smallest absolute Gasteiger partial charge is 0.251 e. The quantitative estimate of drug-likeness (QED) is 0.718. The molecule has 0 aliphatic carbocycles. The van der Waals surface area contributed by atoms with Gasteiger partial charge in [-0.05, 0) is 12.1 Å². The van der Waals surface area contributed by atoms with E-state index in [0.29, 0.717) is 37.6 Å². The highest BCUT2D eigenvalue weighted by Crippen LogP contribution is 2.28.